The number of carbonyl (C=O) groups is 2. The van der Waals surface area contributed by atoms with Crippen molar-refractivity contribution in [2.45, 2.75) is 51.0 Å². The van der Waals surface area contributed by atoms with Gasteiger partial charge in [0.2, 0.25) is 0 Å². The second kappa shape index (κ2) is 7.00. The first kappa shape index (κ1) is 20.4. The lowest BCUT2D eigenvalue weighted by atomic mass is 9.86. The molecule has 0 saturated carbocycles. The average Bonchev–Trinajstić information content (AvgIpc) is 2.52. The molecule has 5 nitrogen and oxygen atoms in total. The molecule has 144 valence electrons. The highest BCUT2D eigenvalue weighted by Crippen LogP contribution is 2.35. The zero-order valence-electron chi connectivity index (χ0n) is 14.9. The van der Waals surface area contributed by atoms with Crippen LogP contribution < -0.4 is 0 Å². The number of imide groups is 1. The van der Waals surface area contributed by atoms with E-state index in [1.807, 2.05) is 0 Å². The summed E-state index contributed by atoms with van der Waals surface area (Å²) in [5.74, 6) is -0.453. The molecule has 1 saturated heterocycles. The molecule has 1 aromatic carbocycles. The summed E-state index contributed by atoms with van der Waals surface area (Å²) in [4.78, 5) is 24.0. The summed E-state index contributed by atoms with van der Waals surface area (Å²) in [6.07, 6.45) is -5.50. The van der Waals surface area contributed by atoms with Crippen molar-refractivity contribution in [2.75, 3.05) is 13.1 Å². The molecular weight excluding hydrogens is 351 g/mol. The van der Waals surface area contributed by atoms with Crippen molar-refractivity contribution in [2.24, 2.45) is 0 Å². The smallest absolute Gasteiger partial charge is 0.414 e. The van der Waals surface area contributed by atoms with Crippen molar-refractivity contribution in [3.05, 3.63) is 35.4 Å². The summed E-state index contributed by atoms with van der Waals surface area (Å²) >= 11 is 0. The number of benzene rings is 1. The van der Waals surface area contributed by atoms with Crippen molar-refractivity contribution in [3.63, 3.8) is 0 Å². The second-order valence-electron chi connectivity index (χ2n) is 7.61. The monoisotopic (exact) mass is 374 g/mol. The summed E-state index contributed by atoms with van der Waals surface area (Å²) in [7, 11) is 0. The first-order valence-corrected chi connectivity index (χ1v) is 8.30. The number of piperidine rings is 1. The Hall–Kier alpha value is -1.93. The highest BCUT2D eigenvalue weighted by molar-refractivity contribution is 5.69. The van der Waals surface area contributed by atoms with E-state index in [-0.39, 0.29) is 19.5 Å². The van der Waals surface area contributed by atoms with Crippen LogP contribution in [0.3, 0.4) is 0 Å². The Morgan fingerprint density at radius 3 is 2.23 bits per heavy atom. The van der Waals surface area contributed by atoms with E-state index < -0.39 is 39.9 Å². The van der Waals surface area contributed by atoms with Crippen LogP contribution >= 0.6 is 0 Å². The molecular formula is C18H23F3NO4+. The van der Waals surface area contributed by atoms with E-state index in [4.69, 9.17) is 4.74 Å². The maximum absolute atomic E-state index is 12.7. The molecule has 1 aliphatic heterocycles. The van der Waals surface area contributed by atoms with Gasteiger partial charge in [0.15, 0.2) is 0 Å². The van der Waals surface area contributed by atoms with Gasteiger partial charge in [-0.3, -0.25) is 0 Å². The van der Waals surface area contributed by atoms with Gasteiger partial charge in [-0.05, 0) is 38.5 Å². The number of aliphatic hydroxyl groups is 1. The van der Waals surface area contributed by atoms with Gasteiger partial charge in [0.1, 0.15) is 18.2 Å². The molecule has 1 aliphatic rings. The number of ether oxygens (including phenoxy) is 1. The summed E-state index contributed by atoms with van der Waals surface area (Å²) in [6, 6.07) is 4.58. The zero-order valence-corrected chi connectivity index (χ0v) is 14.9. The number of amides is 2. The van der Waals surface area contributed by atoms with Gasteiger partial charge in [-0.1, -0.05) is 12.1 Å². The van der Waals surface area contributed by atoms with Crippen LogP contribution in [0, 0.1) is 0 Å². The Balaban J connectivity index is 2.16. The van der Waals surface area contributed by atoms with Gasteiger partial charge in [-0.25, -0.2) is 4.79 Å². The second-order valence-corrected chi connectivity index (χ2v) is 7.61. The number of hydrogen-bond acceptors (Lipinski definition) is 4. The quantitative estimate of drug-likeness (QED) is 0.636. The van der Waals surface area contributed by atoms with E-state index in [0.29, 0.717) is 12.0 Å². The first-order chi connectivity index (χ1) is 11.9. The highest BCUT2D eigenvalue weighted by Gasteiger charge is 2.48. The zero-order chi connectivity index (χ0) is 19.8. The Morgan fingerprint density at radius 2 is 1.81 bits per heavy atom. The fraction of sp³-hybridized carbons (Fsp3) is 0.556. The van der Waals surface area contributed by atoms with Crippen LogP contribution in [0.4, 0.5) is 18.0 Å². The summed E-state index contributed by atoms with van der Waals surface area (Å²) < 4.78 is 42.6. The van der Waals surface area contributed by atoms with Gasteiger partial charge in [0.05, 0.1) is 12.1 Å². The van der Waals surface area contributed by atoms with Crippen LogP contribution in [0.1, 0.15) is 44.2 Å². The topological polar surface area (TPSA) is 63.6 Å². The minimum Gasteiger partial charge on any atom is -0.414 e. The van der Waals surface area contributed by atoms with E-state index in [9.17, 15) is 27.9 Å². The van der Waals surface area contributed by atoms with E-state index in [2.05, 4.69) is 0 Å². The van der Waals surface area contributed by atoms with Gasteiger partial charge in [0, 0.05) is 12.3 Å². The number of halogens is 3. The van der Waals surface area contributed by atoms with Crippen molar-refractivity contribution in [1.82, 2.24) is 0 Å². The molecule has 3 atom stereocenters. The highest BCUT2D eigenvalue weighted by atomic mass is 19.4. The molecule has 0 aliphatic carbocycles. The van der Waals surface area contributed by atoms with Crippen LogP contribution in [0.2, 0.25) is 0 Å². The molecule has 0 spiro atoms. The molecule has 1 aromatic rings. The Labute approximate surface area is 150 Å². The summed E-state index contributed by atoms with van der Waals surface area (Å²) in [5, 5.41) is 10.5. The molecule has 0 aromatic heterocycles. The van der Waals surface area contributed by atoms with Crippen molar-refractivity contribution in [1.29, 1.82) is 0 Å². The standard InChI is InChI=1S/C18H23F3NO4/c1-17(2,3)26-16(25)22(11-23)9-8-14(15(24)10-22)12-4-6-13(7-5-12)18(19,20)21/h4-7,11,14-15,24H,8-10H2,1-3H3/q+1. The molecule has 0 bridgehead atoms. The molecule has 26 heavy (non-hydrogen) atoms. The molecule has 1 fully saturated rings. The van der Waals surface area contributed by atoms with Gasteiger partial charge in [0.25, 0.3) is 0 Å². The van der Waals surface area contributed by atoms with Crippen molar-refractivity contribution in [3.8, 4) is 0 Å². The molecule has 2 rings (SSSR count). The number of nitrogens with zero attached hydrogens (tertiary/aromatic N) is 1. The fourth-order valence-electron chi connectivity index (χ4n) is 3.08. The molecule has 1 N–H and O–H groups in total. The SMILES string of the molecule is CC(C)(C)OC(=O)[N+]1(C=O)CCC(c2ccc(C(F)(F)F)cc2)C(O)C1. The third-order valence-electron chi connectivity index (χ3n) is 4.44. The van der Waals surface area contributed by atoms with Gasteiger partial charge < -0.3 is 9.84 Å². The van der Waals surface area contributed by atoms with Crippen molar-refractivity contribution < 1.29 is 37.1 Å². The fourth-order valence-corrected chi connectivity index (χ4v) is 3.08. The number of alkyl halides is 3. The number of quaternary nitrogens is 1. The lowest BCUT2D eigenvalue weighted by Crippen LogP contribution is -2.61. The molecule has 1 heterocycles. The number of hydrogen-bond donors (Lipinski definition) is 1. The van der Waals surface area contributed by atoms with Crippen LogP contribution in [0.5, 0.6) is 0 Å². The Bertz CT molecular complexity index is 666. The number of rotatable bonds is 2. The van der Waals surface area contributed by atoms with Gasteiger partial charge in [-0.15, -0.1) is 0 Å². The number of likely N-dealkylation sites (tertiary alicyclic amines) is 1. The Morgan fingerprint density at radius 1 is 1.23 bits per heavy atom. The maximum atomic E-state index is 12.7. The third kappa shape index (κ3) is 4.42. The summed E-state index contributed by atoms with van der Waals surface area (Å²) in [5.41, 5.74) is -1.00. The molecule has 2 amide bonds. The lowest BCUT2D eigenvalue weighted by Gasteiger charge is -2.39. The molecule has 0 radical (unpaired) electrons. The summed E-state index contributed by atoms with van der Waals surface area (Å²) in [6.45, 7) is 4.97. The van der Waals surface area contributed by atoms with Crippen LogP contribution in [0.25, 0.3) is 0 Å². The van der Waals surface area contributed by atoms with Gasteiger partial charge >= 0.3 is 18.7 Å². The predicted molar refractivity (Wildman–Crippen MR) is 87.1 cm³/mol. The van der Waals surface area contributed by atoms with E-state index in [0.717, 1.165) is 12.1 Å². The lowest BCUT2D eigenvalue weighted by molar-refractivity contribution is -0.785. The van der Waals surface area contributed by atoms with Crippen molar-refractivity contribution >= 4 is 12.5 Å². The largest absolute Gasteiger partial charge is 0.523 e. The Kier molecular flexibility index (Phi) is 5.49. The first-order valence-electron chi connectivity index (χ1n) is 8.30. The normalized spacial score (nSPS) is 27.0. The van der Waals surface area contributed by atoms with E-state index in [1.165, 1.54) is 12.1 Å². The van der Waals surface area contributed by atoms with Gasteiger partial charge in [-0.2, -0.15) is 22.4 Å². The average molecular weight is 374 g/mol. The molecule has 3 unspecified atom stereocenters. The van der Waals surface area contributed by atoms with Crippen LogP contribution in [-0.4, -0.2) is 46.9 Å². The number of aliphatic hydroxyl groups excluding tert-OH is 1. The maximum Gasteiger partial charge on any atom is 0.523 e. The number of carbonyl (C=O) groups excluding carboxylic acids is 2. The predicted octanol–water partition coefficient (Wildman–Crippen LogP) is 3.46. The minimum atomic E-state index is -4.43. The third-order valence-corrected chi connectivity index (χ3v) is 4.44. The van der Waals surface area contributed by atoms with Crippen LogP contribution in [0.15, 0.2) is 24.3 Å². The van der Waals surface area contributed by atoms with Crippen LogP contribution in [-0.2, 0) is 15.7 Å². The van der Waals surface area contributed by atoms with E-state index >= 15 is 0 Å². The van der Waals surface area contributed by atoms with E-state index in [1.54, 1.807) is 20.8 Å². The molecule has 8 heteroatoms. The minimum absolute atomic E-state index is 0.112.